The molecule has 3 aromatic rings. The molecule has 0 saturated carbocycles. The maximum Gasteiger partial charge on any atom is 0.225 e. The third kappa shape index (κ3) is 3.40. The van der Waals surface area contributed by atoms with Gasteiger partial charge in [0.1, 0.15) is 11.6 Å². The van der Waals surface area contributed by atoms with Crippen LogP contribution in [0.25, 0.3) is 5.65 Å². The van der Waals surface area contributed by atoms with Gasteiger partial charge in [-0.1, -0.05) is 25.9 Å². The zero-order chi connectivity index (χ0) is 18.1. The summed E-state index contributed by atoms with van der Waals surface area (Å²) in [5.41, 5.74) is 3.34. The van der Waals surface area contributed by atoms with Gasteiger partial charge in [-0.3, -0.25) is 9.20 Å². The zero-order valence-corrected chi connectivity index (χ0v) is 15.2. The molecule has 0 spiro atoms. The second-order valence-electron chi connectivity index (χ2n) is 6.75. The Hall–Kier alpha value is -2.70. The highest BCUT2D eigenvalue weighted by atomic mass is 16.5. The number of hydrogen-bond donors (Lipinski definition) is 1. The minimum absolute atomic E-state index is 0.0381. The minimum Gasteiger partial charge on any atom is -0.361 e. The number of aryl methyl sites for hydroxylation is 2. The summed E-state index contributed by atoms with van der Waals surface area (Å²) >= 11 is 0. The van der Waals surface area contributed by atoms with Crippen molar-refractivity contribution in [1.82, 2.24) is 19.8 Å². The van der Waals surface area contributed by atoms with Crippen molar-refractivity contribution in [3.8, 4) is 0 Å². The summed E-state index contributed by atoms with van der Waals surface area (Å²) in [7, 11) is 0. The number of nitrogens with one attached hydrogen (secondary N) is 1. The molecule has 0 radical (unpaired) electrons. The van der Waals surface area contributed by atoms with Crippen LogP contribution in [0.1, 0.15) is 61.9 Å². The van der Waals surface area contributed by atoms with Crippen LogP contribution in [0.15, 0.2) is 22.9 Å². The smallest absolute Gasteiger partial charge is 0.225 e. The van der Waals surface area contributed by atoms with Gasteiger partial charge in [0.25, 0.3) is 0 Å². The van der Waals surface area contributed by atoms with E-state index in [0.29, 0.717) is 6.42 Å². The number of nitrogens with zero attached hydrogens (tertiary/aromatic N) is 4. The van der Waals surface area contributed by atoms with Crippen LogP contribution in [0, 0.1) is 13.8 Å². The van der Waals surface area contributed by atoms with Gasteiger partial charge in [-0.05, 0) is 31.9 Å². The molecule has 0 aliphatic heterocycles. The number of pyridine rings is 1. The van der Waals surface area contributed by atoms with E-state index in [1.165, 1.54) is 0 Å². The number of anilines is 1. The van der Waals surface area contributed by atoms with E-state index in [4.69, 9.17) is 4.52 Å². The third-order valence-corrected chi connectivity index (χ3v) is 4.30. The molecule has 3 aromatic heterocycles. The molecule has 1 amide bonds. The monoisotopic (exact) mass is 341 g/mol. The van der Waals surface area contributed by atoms with Crippen molar-refractivity contribution in [3.05, 3.63) is 41.2 Å². The highest BCUT2D eigenvalue weighted by Crippen LogP contribution is 2.26. The third-order valence-electron chi connectivity index (χ3n) is 4.30. The molecule has 3 rings (SSSR count). The van der Waals surface area contributed by atoms with Gasteiger partial charge in [0.15, 0.2) is 5.65 Å². The minimum atomic E-state index is -0.0500. The van der Waals surface area contributed by atoms with Crippen molar-refractivity contribution in [2.24, 2.45) is 0 Å². The topological polar surface area (TPSA) is 85.3 Å². The number of fused-ring (bicyclic) bond motifs is 1. The van der Waals surface area contributed by atoms with Crippen LogP contribution in [0.3, 0.4) is 0 Å². The van der Waals surface area contributed by atoms with Gasteiger partial charge in [0.2, 0.25) is 5.91 Å². The fourth-order valence-corrected chi connectivity index (χ4v) is 3.16. The number of carbonyl (C=O) groups is 1. The summed E-state index contributed by atoms with van der Waals surface area (Å²) in [6.07, 6.45) is 2.23. The van der Waals surface area contributed by atoms with Gasteiger partial charge in [-0.2, -0.15) is 0 Å². The van der Waals surface area contributed by atoms with Crippen molar-refractivity contribution in [1.29, 1.82) is 0 Å². The van der Waals surface area contributed by atoms with Crippen LogP contribution in [0.4, 0.5) is 5.69 Å². The molecule has 0 aliphatic carbocycles. The van der Waals surface area contributed by atoms with E-state index >= 15 is 0 Å². The van der Waals surface area contributed by atoms with Gasteiger partial charge in [-0.25, -0.2) is 0 Å². The van der Waals surface area contributed by atoms with Crippen molar-refractivity contribution < 1.29 is 9.32 Å². The second kappa shape index (κ2) is 6.66. The van der Waals surface area contributed by atoms with E-state index in [-0.39, 0.29) is 17.7 Å². The first-order valence-corrected chi connectivity index (χ1v) is 8.44. The van der Waals surface area contributed by atoms with Gasteiger partial charge in [0.05, 0.1) is 11.4 Å². The molecule has 1 atom stereocenters. The van der Waals surface area contributed by atoms with Crippen LogP contribution < -0.4 is 5.32 Å². The molecule has 132 valence electrons. The quantitative estimate of drug-likeness (QED) is 0.766. The number of aromatic nitrogens is 4. The molecule has 0 aromatic carbocycles. The Labute approximate surface area is 146 Å². The van der Waals surface area contributed by atoms with Crippen LogP contribution in [-0.2, 0) is 4.79 Å². The van der Waals surface area contributed by atoms with E-state index in [9.17, 15) is 4.79 Å². The number of amides is 1. The number of carbonyl (C=O) groups excluding carboxylic acids is 1. The summed E-state index contributed by atoms with van der Waals surface area (Å²) in [5, 5.41) is 15.3. The fourth-order valence-electron chi connectivity index (χ4n) is 3.16. The first-order valence-electron chi connectivity index (χ1n) is 8.44. The lowest BCUT2D eigenvalue weighted by atomic mass is 9.96. The Morgan fingerprint density at radius 2 is 2.00 bits per heavy atom. The Morgan fingerprint density at radius 1 is 1.24 bits per heavy atom. The van der Waals surface area contributed by atoms with Crippen molar-refractivity contribution >= 4 is 17.2 Å². The maximum atomic E-state index is 12.4. The lowest BCUT2D eigenvalue weighted by Crippen LogP contribution is -2.15. The normalized spacial score (nSPS) is 12.7. The average Bonchev–Trinajstić information content (AvgIpc) is 3.10. The molecule has 0 saturated heterocycles. The van der Waals surface area contributed by atoms with Crippen LogP contribution in [-0.4, -0.2) is 25.7 Å². The molecule has 0 fully saturated rings. The molecular formula is C18H23N5O2. The standard InChI is InChI=1S/C18H23N5O2/c1-10(2)18-21-20-15-7-6-14(9-23(15)18)19-16(24)8-11(3)17-12(4)22-25-13(17)5/h6-7,9-11H,8H2,1-5H3,(H,19,24). The van der Waals surface area contributed by atoms with Crippen LogP contribution in [0.5, 0.6) is 0 Å². The van der Waals surface area contributed by atoms with Crippen molar-refractivity contribution in [2.45, 2.75) is 52.9 Å². The predicted molar refractivity (Wildman–Crippen MR) is 94.7 cm³/mol. The molecule has 7 nitrogen and oxygen atoms in total. The molecule has 0 aliphatic rings. The van der Waals surface area contributed by atoms with E-state index in [2.05, 4.69) is 34.5 Å². The molecule has 3 heterocycles. The van der Waals surface area contributed by atoms with Gasteiger partial charge in [0, 0.05) is 24.1 Å². The molecule has 7 heteroatoms. The molecule has 25 heavy (non-hydrogen) atoms. The lowest BCUT2D eigenvalue weighted by Gasteiger charge is -2.12. The summed E-state index contributed by atoms with van der Waals surface area (Å²) in [4.78, 5) is 12.4. The number of hydrogen-bond acceptors (Lipinski definition) is 5. The molecule has 1 unspecified atom stereocenters. The maximum absolute atomic E-state index is 12.4. The van der Waals surface area contributed by atoms with Crippen LogP contribution >= 0.6 is 0 Å². The summed E-state index contributed by atoms with van der Waals surface area (Å²) < 4.78 is 7.11. The first kappa shape index (κ1) is 17.1. The number of rotatable bonds is 5. The molecule has 1 N–H and O–H groups in total. The van der Waals surface area contributed by atoms with Crippen molar-refractivity contribution in [2.75, 3.05) is 5.32 Å². The molecular weight excluding hydrogens is 318 g/mol. The van der Waals surface area contributed by atoms with Gasteiger partial charge in [-0.15, -0.1) is 10.2 Å². The Kier molecular flexibility index (Phi) is 4.57. The summed E-state index contributed by atoms with van der Waals surface area (Å²) in [6.45, 7) is 9.90. The highest BCUT2D eigenvalue weighted by molar-refractivity contribution is 5.91. The first-order chi connectivity index (χ1) is 11.9. The van der Waals surface area contributed by atoms with Gasteiger partial charge >= 0.3 is 0 Å². The zero-order valence-electron chi connectivity index (χ0n) is 15.2. The Balaban J connectivity index is 1.74. The van der Waals surface area contributed by atoms with E-state index in [1.807, 2.05) is 43.5 Å². The SMILES string of the molecule is Cc1noc(C)c1C(C)CC(=O)Nc1ccc2nnc(C(C)C)n2c1. The van der Waals surface area contributed by atoms with E-state index in [1.54, 1.807) is 0 Å². The van der Waals surface area contributed by atoms with Crippen LogP contribution in [0.2, 0.25) is 0 Å². The fraction of sp³-hybridized carbons (Fsp3) is 0.444. The van der Waals surface area contributed by atoms with Gasteiger partial charge < -0.3 is 9.84 Å². The average molecular weight is 341 g/mol. The van der Waals surface area contributed by atoms with E-state index in [0.717, 1.165) is 34.2 Å². The Bertz CT molecular complexity index is 890. The summed E-state index contributed by atoms with van der Waals surface area (Å²) in [5.74, 6) is 1.88. The highest BCUT2D eigenvalue weighted by Gasteiger charge is 2.19. The molecule has 0 bridgehead atoms. The Morgan fingerprint density at radius 3 is 2.64 bits per heavy atom. The second-order valence-corrected chi connectivity index (χ2v) is 6.75. The largest absolute Gasteiger partial charge is 0.361 e. The predicted octanol–water partition coefficient (Wildman–Crippen LogP) is 3.59. The summed E-state index contributed by atoms with van der Waals surface area (Å²) in [6, 6.07) is 3.69. The van der Waals surface area contributed by atoms with Crippen molar-refractivity contribution in [3.63, 3.8) is 0 Å². The van der Waals surface area contributed by atoms with E-state index < -0.39 is 0 Å². The lowest BCUT2D eigenvalue weighted by molar-refractivity contribution is -0.116.